The van der Waals surface area contributed by atoms with E-state index in [1.54, 1.807) is 13.3 Å². The molecule has 1 aromatic carbocycles. The molecular weight excluding hydrogens is 492 g/mol. The van der Waals surface area contributed by atoms with Crippen LogP contribution in [0.25, 0.3) is 21.3 Å². The van der Waals surface area contributed by atoms with Gasteiger partial charge in [-0.2, -0.15) is 0 Å². The topological polar surface area (TPSA) is 62.6 Å². The van der Waals surface area contributed by atoms with Crippen LogP contribution in [0.15, 0.2) is 47.1 Å². The summed E-state index contributed by atoms with van der Waals surface area (Å²) >= 11 is 4.97. The third-order valence-electron chi connectivity index (χ3n) is 6.10. The molecule has 4 aromatic rings. The van der Waals surface area contributed by atoms with Crippen LogP contribution >= 0.6 is 27.3 Å². The second kappa shape index (κ2) is 8.84. The maximum absolute atomic E-state index is 12.6. The van der Waals surface area contributed by atoms with Gasteiger partial charge in [0.05, 0.1) is 30.5 Å². The van der Waals surface area contributed by atoms with Gasteiger partial charge in [-0.05, 0) is 46.3 Å². The molecule has 0 bridgehead atoms. The summed E-state index contributed by atoms with van der Waals surface area (Å²) in [5.74, 6) is 0.510. The van der Waals surface area contributed by atoms with E-state index in [1.807, 2.05) is 6.07 Å². The van der Waals surface area contributed by atoms with E-state index in [0.717, 1.165) is 51.8 Å². The predicted molar refractivity (Wildman–Crippen MR) is 129 cm³/mol. The Kier molecular flexibility index (Phi) is 5.92. The molecule has 1 aliphatic rings. The first-order valence-corrected chi connectivity index (χ1v) is 12.1. The highest BCUT2D eigenvalue weighted by Gasteiger charge is 2.34. The number of nitrogens with zero attached hydrogens (tertiary/aromatic N) is 2. The summed E-state index contributed by atoms with van der Waals surface area (Å²) in [5, 5.41) is 0. The Morgan fingerprint density at radius 2 is 2.00 bits per heavy atom. The maximum atomic E-state index is 12.6. The molecule has 6 nitrogen and oxygen atoms in total. The Morgan fingerprint density at radius 3 is 2.69 bits per heavy atom. The van der Waals surface area contributed by atoms with Crippen molar-refractivity contribution >= 4 is 54.5 Å². The number of esters is 1. The van der Waals surface area contributed by atoms with Crippen molar-refractivity contribution < 1.29 is 19.0 Å². The van der Waals surface area contributed by atoms with E-state index in [4.69, 9.17) is 19.2 Å². The fourth-order valence-corrected chi connectivity index (χ4v) is 6.22. The summed E-state index contributed by atoms with van der Waals surface area (Å²) in [5.41, 5.74) is 3.97. The van der Waals surface area contributed by atoms with Gasteiger partial charge in [0.2, 0.25) is 0 Å². The van der Waals surface area contributed by atoms with Crippen LogP contribution in [0.1, 0.15) is 34.1 Å². The minimum Gasteiger partial charge on any atom is -0.493 e. The number of methoxy groups -OCH3 is 2. The third kappa shape index (κ3) is 3.50. The quantitative estimate of drug-likeness (QED) is 0.313. The minimum atomic E-state index is -0.401. The second-order valence-corrected chi connectivity index (χ2v) is 9.77. The van der Waals surface area contributed by atoms with Gasteiger partial charge in [-0.15, -0.1) is 11.3 Å². The third-order valence-corrected chi connectivity index (χ3v) is 7.68. The molecule has 1 saturated heterocycles. The van der Waals surface area contributed by atoms with Crippen LogP contribution in [0.5, 0.6) is 5.75 Å². The van der Waals surface area contributed by atoms with Gasteiger partial charge in [0, 0.05) is 23.9 Å². The molecule has 166 valence electrons. The van der Waals surface area contributed by atoms with Gasteiger partial charge in [0.25, 0.3) is 0 Å². The first-order chi connectivity index (χ1) is 15.6. The van der Waals surface area contributed by atoms with E-state index in [9.17, 15) is 4.79 Å². The number of fused-ring (bicyclic) bond motifs is 3. The first kappa shape index (κ1) is 21.4. The van der Waals surface area contributed by atoms with E-state index in [2.05, 4.69) is 50.8 Å². The largest absolute Gasteiger partial charge is 0.493 e. The number of benzene rings is 1. The standard InChI is InChI=1S/C24H23BrN2O4S/c1-29-21-20-22(32-23(21)24(28)30-2)18-17(12-16(25)13-26-18)27(20)19(14-6-4-3-5-7-14)15-8-10-31-11-9-15/h3-7,12-13,15,19H,8-11H2,1-2H3/t19-/m1/s1. The number of halogens is 1. The zero-order chi connectivity index (χ0) is 22.2. The lowest BCUT2D eigenvalue weighted by Gasteiger charge is -2.33. The number of carbonyl (C=O) groups excluding carboxylic acids is 1. The monoisotopic (exact) mass is 514 g/mol. The van der Waals surface area contributed by atoms with Gasteiger partial charge >= 0.3 is 5.97 Å². The number of ether oxygens (including phenoxy) is 3. The number of thiophene rings is 1. The number of carbonyl (C=O) groups is 1. The van der Waals surface area contributed by atoms with E-state index in [-0.39, 0.29) is 6.04 Å². The minimum absolute atomic E-state index is 0.0465. The van der Waals surface area contributed by atoms with Crippen LogP contribution in [0.3, 0.4) is 0 Å². The van der Waals surface area contributed by atoms with Crippen LogP contribution in [0, 0.1) is 5.92 Å². The van der Waals surface area contributed by atoms with Gasteiger partial charge in [-0.25, -0.2) is 4.79 Å². The highest BCUT2D eigenvalue weighted by atomic mass is 79.9. The SMILES string of the molecule is COC(=O)c1sc2c3ncc(Br)cc3n([C@H](c3ccccc3)C3CCOCC3)c2c1OC. The predicted octanol–water partition coefficient (Wildman–Crippen LogP) is 5.82. The fourth-order valence-electron chi connectivity index (χ4n) is 4.71. The van der Waals surface area contributed by atoms with Gasteiger partial charge in [0.1, 0.15) is 11.0 Å². The number of aromatic nitrogens is 2. The average Bonchev–Trinajstić information content (AvgIpc) is 3.35. The zero-order valence-corrected chi connectivity index (χ0v) is 20.2. The smallest absolute Gasteiger partial charge is 0.351 e. The van der Waals surface area contributed by atoms with Crippen molar-refractivity contribution in [2.45, 2.75) is 18.9 Å². The van der Waals surface area contributed by atoms with Gasteiger partial charge in [0.15, 0.2) is 10.6 Å². The summed E-state index contributed by atoms with van der Waals surface area (Å²) in [6.07, 6.45) is 3.71. The molecule has 0 amide bonds. The van der Waals surface area contributed by atoms with Crippen molar-refractivity contribution in [1.29, 1.82) is 0 Å². The molecule has 5 rings (SSSR count). The summed E-state index contributed by atoms with van der Waals surface area (Å²) in [6.45, 7) is 1.49. The van der Waals surface area contributed by atoms with Crippen molar-refractivity contribution in [3.63, 3.8) is 0 Å². The molecule has 1 atom stereocenters. The normalized spacial score (nSPS) is 15.8. The molecule has 1 aliphatic heterocycles. The Balaban J connectivity index is 1.87. The Bertz CT molecular complexity index is 1280. The summed E-state index contributed by atoms with van der Waals surface area (Å²) in [4.78, 5) is 17.8. The van der Waals surface area contributed by atoms with Crippen LogP contribution < -0.4 is 4.74 Å². The Morgan fingerprint density at radius 1 is 1.25 bits per heavy atom. The van der Waals surface area contributed by atoms with Crippen molar-refractivity contribution in [3.8, 4) is 5.75 Å². The molecule has 4 heterocycles. The van der Waals surface area contributed by atoms with Crippen molar-refractivity contribution in [2.75, 3.05) is 27.4 Å². The number of hydrogen-bond donors (Lipinski definition) is 0. The highest BCUT2D eigenvalue weighted by Crippen LogP contribution is 2.48. The molecule has 0 unspecified atom stereocenters. The van der Waals surface area contributed by atoms with E-state index in [0.29, 0.717) is 16.5 Å². The van der Waals surface area contributed by atoms with E-state index >= 15 is 0 Å². The van der Waals surface area contributed by atoms with Crippen molar-refractivity contribution in [1.82, 2.24) is 9.55 Å². The van der Waals surface area contributed by atoms with Crippen molar-refractivity contribution in [2.24, 2.45) is 5.92 Å². The van der Waals surface area contributed by atoms with E-state index in [1.165, 1.54) is 24.0 Å². The molecule has 32 heavy (non-hydrogen) atoms. The van der Waals surface area contributed by atoms with Crippen LogP contribution in [0.4, 0.5) is 0 Å². The first-order valence-electron chi connectivity index (χ1n) is 10.5. The summed E-state index contributed by atoms with van der Waals surface area (Å²) in [7, 11) is 2.99. The highest BCUT2D eigenvalue weighted by molar-refractivity contribution is 9.10. The lowest BCUT2D eigenvalue weighted by molar-refractivity contribution is 0.0552. The van der Waals surface area contributed by atoms with Gasteiger partial charge < -0.3 is 18.8 Å². The Labute approximate surface area is 198 Å². The lowest BCUT2D eigenvalue weighted by Crippen LogP contribution is -2.27. The average molecular weight is 515 g/mol. The molecular formula is C24H23BrN2O4S. The van der Waals surface area contributed by atoms with Crippen molar-refractivity contribution in [3.05, 3.63) is 57.5 Å². The molecule has 0 spiro atoms. The molecule has 0 aliphatic carbocycles. The second-order valence-electron chi connectivity index (χ2n) is 7.83. The molecule has 0 radical (unpaired) electrons. The van der Waals surface area contributed by atoms with Crippen LogP contribution in [-0.4, -0.2) is 43.0 Å². The molecule has 8 heteroatoms. The van der Waals surface area contributed by atoms with Crippen LogP contribution in [0.2, 0.25) is 0 Å². The maximum Gasteiger partial charge on any atom is 0.351 e. The summed E-state index contributed by atoms with van der Waals surface area (Å²) < 4.78 is 20.7. The molecule has 3 aromatic heterocycles. The van der Waals surface area contributed by atoms with Gasteiger partial charge in [-0.1, -0.05) is 30.3 Å². The number of pyridine rings is 1. The number of rotatable bonds is 5. The lowest BCUT2D eigenvalue weighted by atomic mass is 9.86. The summed E-state index contributed by atoms with van der Waals surface area (Å²) in [6, 6.07) is 12.7. The molecule has 0 saturated carbocycles. The Hall–Kier alpha value is -2.42. The zero-order valence-electron chi connectivity index (χ0n) is 17.8. The molecule has 0 N–H and O–H groups in total. The molecule has 1 fully saturated rings. The van der Waals surface area contributed by atoms with Gasteiger partial charge in [-0.3, -0.25) is 4.98 Å². The van der Waals surface area contributed by atoms with E-state index < -0.39 is 5.97 Å². The van der Waals surface area contributed by atoms with Crippen LogP contribution in [-0.2, 0) is 9.47 Å². The fraction of sp³-hybridized carbons (Fsp3) is 0.333. The number of hydrogen-bond acceptors (Lipinski definition) is 6.